The van der Waals surface area contributed by atoms with Crippen LogP contribution in [0.4, 0.5) is 4.79 Å². The minimum atomic E-state index is -3.98. The van der Waals surface area contributed by atoms with Gasteiger partial charge in [-0.2, -0.15) is 0 Å². The van der Waals surface area contributed by atoms with E-state index in [1.165, 1.54) is 31.3 Å². The van der Waals surface area contributed by atoms with Crippen LogP contribution in [0.25, 0.3) is 0 Å². The Bertz CT molecular complexity index is 550. The van der Waals surface area contributed by atoms with Crippen LogP contribution in [0.1, 0.15) is 10.4 Å². The fraction of sp³-hybridized carbons (Fsp3) is 0.200. The second kappa shape index (κ2) is 5.50. The Hall–Kier alpha value is -2.09. The molecular weight excluding hydrogens is 260 g/mol. The molecule has 8 heteroatoms. The summed E-state index contributed by atoms with van der Waals surface area (Å²) in [6.07, 6.45) is -1.08. The number of amides is 2. The van der Waals surface area contributed by atoms with Crippen molar-refractivity contribution in [3.63, 3.8) is 0 Å². The first-order valence-electron chi connectivity index (χ1n) is 4.83. The lowest BCUT2D eigenvalue weighted by atomic mass is 10.2. The number of methoxy groups -OCH3 is 1. The van der Waals surface area contributed by atoms with Gasteiger partial charge in [-0.15, -0.1) is 0 Å². The summed E-state index contributed by atoms with van der Waals surface area (Å²) in [5.74, 6) is -0.333. The molecule has 0 aliphatic heterocycles. The van der Waals surface area contributed by atoms with Crippen LogP contribution in [0, 0.1) is 0 Å². The van der Waals surface area contributed by atoms with Crippen LogP contribution in [0.3, 0.4) is 0 Å². The smallest absolute Gasteiger partial charge is 0.420 e. The minimum Gasteiger partial charge on any atom is -0.452 e. The molecule has 0 heterocycles. The molecule has 2 amide bonds. The molecule has 98 valence electrons. The molecule has 0 aromatic heterocycles. The van der Waals surface area contributed by atoms with E-state index in [2.05, 4.69) is 10.1 Å². The van der Waals surface area contributed by atoms with E-state index in [1.54, 1.807) is 4.72 Å². The molecule has 0 spiro atoms. The first kappa shape index (κ1) is 14.0. The summed E-state index contributed by atoms with van der Waals surface area (Å²) in [6, 6.07) is 5.11. The van der Waals surface area contributed by atoms with Crippen molar-refractivity contribution in [1.29, 1.82) is 0 Å². The zero-order valence-electron chi connectivity index (χ0n) is 9.76. The van der Waals surface area contributed by atoms with Crippen LogP contribution < -0.4 is 10.0 Å². The number of sulfonamides is 1. The van der Waals surface area contributed by atoms with Crippen LogP contribution in [0.5, 0.6) is 0 Å². The fourth-order valence-corrected chi connectivity index (χ4v) is 2.06. The van der Waals surface area contributed by atoms with E-state index in [9.17, 15) is 18.0 Å². The summed E-state index contributed by atoms with van der Waals surface area (Å²) >= 11 is 0. The molecule has 1 rings (SSSR count). The number of nitrogens with one attached hydrogen (secondary N) is 2. The van der Waals surface area contributed by atoms with Gasteiger partial charge in [0.15, 0.2) is 0 Å². The molecule has 0 aliphatic carbocycles. The predicted octanol–water partition coefficient (Wildman–Crippen LogP) is 0.0909. The molecule has 0 saturated heterocycles. The van der Waals surface area contributed by atoms with Crippen molar-refractivity contribution in [2.24, 2.45) is 0 Å². The Morgan fingerprint density at radius 3 is 2.17 bits per heavy atom. The highest BCUT2D eigenvalue weighted by molar-refractivity contribution is 7.90. The van der Waals surface area contributed by atoms with E-state index in [-0.39, 0.29) is 10.8 Å². The number of carbonyl (C=O) groups excluding carboxylic acids is 2. The molecule has 0 unspecified atom stereocenters. The monoisotopic (exact) mass is 272 g/mol. The molecule has 0 atom stereocenters. The summed E-state index contributed by atoms with van der Waals surface area (Å²) in [4.78, 5) is 22.0. The van der Waals surface area contributed by atoms with Gasteiger partial charge in [0.25, 0.3) is 15.9 Å². The maximum atomic E-state index is 11.6. The predicted molar refractivity (Wildman–Crippen MR) is 62.6 cm³/mol. The quantitative estimate of drug-likeness (QED) is 0.812. The average molecular weight is 272 g/mol. The lowest BCUT2D eigenvalue weighted by molar-refractivity contribution is 0.0963. The standard InChI is InChI=1S/C10H12N2O5S/c1-11-9(13)7-3-5-8(6-4-7)18(15,16)12-10(14)17-2/h3-6H,1-2H3,(H,11,13)(H,12,14). The molecule has 0 radical (unpaired) electrons. The van der Waals surface area contributed by atoms with E-state index in [0.29, 0.717) is 5.56 Å². The molecule has 1 aromatic rings. The van der Waals surface area contributed by atoms with E-state index in [1.807, 2.05) is 0 Å². The zero-order valence-corrected chi connectivity index (χ0v) is 10.6. The Kier molecular flexibility index (Phi) is 4.27. The molecule has 7 nitrogen and oxygen atoms in total. The van der Waals surface area contributed by atoms with Gasteiger partial charge in [0.1, 0.15) is 0 Å². The first-order chi connectivity index (χ1) is 8.40. The third kappa shape index (κ3) is 3.20. The summed E-state index contributed by atoms with van der Waals surface area (Å²) < 4.78 is 29.2. The lowest BCUT2D eigenvalue weighted by Crippen LogP contribution is -2.30. The van der Waals surface area contributed by atoms with Crippen LogP contribution >= 0.6 is 0 Å². The van der Waals surface area contributed by atoms with Crippen LogP contribution in [-0.2, 0) is 14.8 Å². The molecule has 0 aliphatic rings. The van der Waals surface area contributed by atoms with E-state index in [4.69, 9.17) is 0 Å². The highest BCUT2D eigenvalue weighted by Crippen LogP contribution is 2.10. The van der Waals surface area contributed by atoms with Crippen LogP contribution in [0.2, 0.25) is 0 Å². The van der Waals surface area contributed by atoms with Crippen molar-refractivity contribution in [2.45, 2.75) is 4.90 Å². The van der Waals surface area contributed by atoms with E-state index in [0.717, 1.165) is 7.11 Å². The van der Waals surface area contributed by atoms with Crippen molar-refractivity contribution in [2.75, 3.05) is 14.2 Å². The average Bonchev–Trinajstić information content (AvgIpc) is 2.37. The van der Waals surface area contributed by atoms with Gasteiger partial charge in [0, 0.05) is 12.6 Å². The van der Waals surface area contributed by atoms with Gasteiger partial charge in [-0.25, -0.2) is 17.9 Å². The van der Waals surface area contributed by atoms with E-state index < -0.39 is 16.1 Å². The van der Waals surface area contributed by atoms with E-state index >= 15 is 0 Å². The SMILES string of the molecule is CNC(=O)c1ccc(S(=O)(=O)NC(=O)OC)cc1. The van der Waals surface area contributed by atoms with Crippen molar-refractivity contribution >= 4 is 22.0 Å². The largest absolute Gasteiger partial charge is 0.452 e. The van der Waals surface area contributed by atoms with Gasteiger partial charge < -0.3 is 10.1 Å². The van der Waals surface area contributed by atoms with Gasteiger partial charge >= 0.3 is 6.09 Å². The Balaban J connectivity index is 2.98. The fourth-order valence-electron chi connectivity index (χ4n) is 1.14. The zero-order chi connectivity index (χ0) is 13.8. The number of hydrogen-bond acceptors (Lipinski definition) is 5. The molecule has 18 heavy (non-hydrogen) atoms. The lowest BCUT2D eigenvalue weighted by Gasteiger charge is -2.06. The van der Waals surface area contributed by atoms with Gasteiger partial charge in [-0.3, -0.25) is 4.79 Å². The molecule has 1 aromatic carbocycles. The maximum Gasteiger partial charge on any atom is 0.420 e. The number of ether oxygens (including phenoxy) is 1. The van der Waals surface area contributed by atoms with Crippen molar-refractivity contribution in [1.82, 2.24) is 10.0 Å². The minimum absolute atomic E-state index is 0.138. The second-order valence-corrected chi connectivity index (χ2v) is 4.88. The van der Waals surface area contributed by atoms with Gasteiger partial charge in [-0.05, 0) is 24.3 Å². The molecule has 2 N–H and O–H groups in total. The van der Waals surface area contributed by atoms with Gasteiger partial charge in [0.05, 0.1) is 12.0 Å². The van der Waals surface area contributed by atoms with Crippen molar-refractivity contribution < 1.29 is 22.7 Å². The highest BCUT2D eigenvalue weighted by Gasteiger charge is 2.18. The first-order valence-corrected chi connectivity index (χ1v) is 6.32. The number of rotatable bonds is 3. The second-order valence-electron chi connectivity index (χ2n) is 3.20. The van der Waals surface area contributed by atoms with Crippen LogP contribution in [0.15, 0.2) is 29.2 Å². The van der Waals surface area contributed by atoms with Crippen molar-refractivity contribution in [3.05, 3.63) is 29.8 Å². The number of benzene rings is 1. The Labute approximate surface area is 104 Å². The Morgan fingerprint density at radius 1 is 1.17 bits per heavy atom. The van der Waals surface area contributed by atoms with Crippen molar-refractivity contribution in [3.8, 4) is 0 Å². The number of carbonyl (C=O) groups is 2. The number of hydrogen-bond donors (Lipinski definition) is 2. The normalized spacial score (nSPS) is 10.6. The summed E-state index contributed by atoms with van der Waals surface area (Å²) in [7, 11) is -1.46. The summed E-state index contributed by atoms with van der Waals surface area (Å²) in [5.41, 5.74) is 0.314. The molecular formula is C10H12N2O5S. The topological polar surface area (TPSA) is 102 Å². The molecule has 0 fully saturated rings. The third-order valence-electron chi connectivity index (χ3n) is 2.06. The van der Waals surface area contributed by atoms with Gasteiger partial charge in [-0.1, -0.05) is 0 Å². The van der Waals surface area contributed by atoms with Gasteiger partial charge in [0.2, 0.25) is 0 Å². The molecule has 0 bridgehead atoms. The Morgan fingerprint density at radius 2 is 1.72 bits per heavy atom. The highest BCUT2D eigenvalue weighted by atomic mass is 32.2. The molecule has 0 saturated carbocycles. The third-order valence-corrected chi connectivity index (χ3v) is 3.39. The summed E-state index contributed by atoms with van der Waals surface area (Å²) in [6.45, 7) is 0. The maximum absolute atomic E-state index is 11.6. The van der Waals surface area contributed by atoms with Crippen LogP contribution in [-0.4, -0.2) is 34.6 Å². The summed E-state index contributed by atoms with van der Waals surface area (Å²) in [5, 5.41) is 2.40.